The fraction of sp³-hybridized carbons (Fsp3) is 0.429. The Balaban J connectivity index is 3.26. The first-order valence-electron chi connectivity index (χ1n) is 7.03. The van der Waals surface area contributed by atoms with Crippen LogP contribution in [0.25, 0.3) is 0 Å². The fourth-order valence-electron chi connectivity index (χ4n) is 1.96. The second kappa shape index (κ2) is 7.83. The van der Waals surface area contributed by atoms with E-state index >= 15 is 0 Å². The molecule has 0 aliphatic carbocycles. The van der Waals surface area contributed by atoms with Crippen molar-refractivity contribution in [1.82, 2.24) is 9.62 Å². The van der Waals surface area contributed by atoms with Crippen LogP contribution in [0.15, 0.2) is 29.2 Å². The van der Waals surface area contributed by atoms with E-state index < -0.39 is 51.1 Å². The van der Waals surface area contributed by atoms with Crippen LogP contribution >= 0.6 is 0 Å². The number of hydrogen-bond acceptors (Lipinski definition) is 4. The van der Waals surface area contributed by atoms with Crippen molar-refractivity contribution in [1.29, 1.82) is 0 Å². The van der Waals surface area contributed by atoms with Crippen LogP contribution in [0, 0.1) is 0 Å². The van der Waals surface area contributed by atoms with Gasteiger partial charge in [0.05, 0.1) is 10.5 Å². The summed E-state index contributed by atoms with van der Waals surface area (Å²) in [6.07, 6.45) is -4.75. The molecule has 25 heavy (non-hydrogen) atoms. The summed E-state index contributed by atoms with van der Waals surface area (Å²) in [5, 5.41) is 11.4. The highest BCUT2D eigenvalue weighted by molar-refractivity contribution is 7.89. The zero-order valence-electron chi connectivity index (χ0n) is 13.4. The van der Waals surface area contributed by atoms with Gasteiger partial charge in [-0.1, -0.05) is 6.07 Å². The van der Waals surface area contributed by atoms with E-state index in [1.165, 1.54) is 6.92 Å². The van der Waals surface area contributed by atoms with Gasteiger partial charge in [-0.05, 0) is 25.1 Å². The molecule has 0 heterocycles. The second-order valence-corrected chi connectivity index (χ2v) is 7.03. The monoisotopic (exact) mass is 382 g/mol. The van der Waals surface area contributed by atoms with Gasteiger partial charge in [0.25, 0.3) is 0 Å². The molecule has 1 aromatic carbocycles. The lowest BCUT2D eigenvalue weighted by Crippen LogP contribution is -2.46. The minimum Gasteiger partial charge on any atom is -0.480 e. The molecule has 0 aliphatic heterocycles. The molecule has 0 fully saturated rings. The summed E-state index contributed by atoms with van der Waals surface area (Å²) in [7, 11) is -4.52. The number of alkyl halides is 3. The lowest BCUT2D eigenvalue weighted by Gasteiger charge is -2.26. The molecule has 1 amide bonds. The standard InChI is InChI=1S/C14H17F3N2O5S/c1-9(13(21)22)19(7-6-18-10(2)20)25(23,24)12-5-3-4-11(8-12)14(15,16)17/h3-5,8-9H,6-7H2,1-2H3,(H,18,20)(H,21,22). The van der Waals surface area contributed by atoms with Crippen molar-refractivity contribution in [3.8, 4) is 0 Å². The van der Waals surface area contributed by atoms with Gasteiger partial charge in [0.15, 0.2) is 0 Å². The maximum Gasteiger partial charge on any atom is 0.416 e. The first kappa shape index (κ1) is 20.9. The van der Waals surface area contributed by atoms with Gasteiger partial charge in [-0.3, -0.25) is 9.59 Å². The maximum atomic E-state index is 12.8. The van der Waals surface area contributed by atoms with Crippen molar-refractivity contribution in [2.75, 3.05) is 13.1 Å². The minimum atomic E-state index is -4.75. The molecule has 0 saturated heterocycles. The number of carboxylic acid groups (broad SMARTS) is 1. The van der Waals surface area contributed by atoms with Crippen molar-refractivity contribution in [3.63, 3.8) is 0 Å². The molecular weight excluding hydrogens is 365 g/mol. The molecule has 1 unspecified atom stereocenters. The largest absolute Gasteiger partial charge is 0.480 e. The molecule has 140 valence electrons. The predicted octanol–water partition coefficient (Wildman–Crippen LogP) is 1.31. The lowest BCUT2D eigenvalue weighted by molar-refractivity contribution is -0.141. The van der Waals surface area contributed by atoms with Crippen LogP contribution in [-0.2, 0) is 25.8 Å². The van der Waals surface area contributed by atoms with Gasteiger partial charge in [0.1, 0.15) is 6.04 Å². The highest BCUT2D eigenvalue weighted by Gasteiger charge is 2.35. The molecule has 11 heteroatoms. The zero-order valence-corrected chi connectivity index (χ0v) is 14.2. The molecular formula is C14H17F3N2O5S. The molecule has 0 bridgehead atoms. The summed E-state index contributed by atoms with van der Waals surface area (Å²) in [6, 6.07) is 1.49. The van der Waals surface area contributed by atoms with Crippen LogP contribution in [0.3, 0.4) is 0 Å². The van der Waals surface area contributed by atoms with Crippen molar-refractivity contribution in [2.24, 2.45) is 0 Å². The topological polar surface area (TPSA) is 104 Å². The van der Waals surface area contributed by atoms with Gasteiger partial charge in [-0.2, -0.15) is 17.5 Å². The number of amides is 1. The Labute approximate surface area is 142 Å². The highest BCUT2D eigenvalue weighted by Crippen LogP contribution is 2.31. The third-order valence-electron chi connectivity index (χ3n) is 3.26. The summed E-state index contributed by atoms with van der Waals surface area (Å²) in [4.78, 5) is 21.4. The van der Waals surface area contributed by atoms with E-state index in [9.17, 15) is 31.2 Å². The normalized spacial score (nSPS) is 13.5. The van der Waals surface area contributed by atoms with E-state index in [0.29, 0.717) is 16.4 Å². The number of carboxylic acids is 1. The van der Waals surface area contributed by atoms with Crippen molar-refractivity contribution in [2.45, 2.75) is 31.0 Å². The second-order valence-electron chi connectivity index (χ2n) is 5.14. The molecule has 1 rings (SSSR count). The number of nitrogens with one attached hydrogen (secondary N) is 1. The molecule has 0 saturated carbocycles. The van der Waals surface area contributed by atoms with Crippen LogP contribution in [0.5, 0.6) is 0 Å². The van der Waals surface area contributed by atoms with E-state index in [-0.39, 0.29) is 6.54 Å². The van der Waals surface area contributed by atoms with Gasteiger partial charge >= 0.3 is 12.1 Å². The van der Waals surface area contributed by atoms with E-state index in [1.807, 2.05) is 0 Å². The van der Waals surface area contributed by atoms with Crippen molar-refractivity contribution < 1.29 is 36.3 Å². The van der Waals surface area contributed by atoms with Crippen LogP contribution in [0.1, 0.15) is 19.4 Å². The van der Waals surface area contributed by atoms with Gasteiger partial charge in [-0.25, -0.2) is 8.42 Å². The molecule has 0 aromatic heterocycles. The molecule has 0 spiro atoms. The van der Waals surface area contributed by atoms with Crippen LogP contribution in [-0.4, -0.2) is 48.8 Å². The Morgan fingerprint density at radius 2 is 1.92 bits per heavy atom. The Kier molecular flexibility index (Phi) is 6.54. The van der Waals surface area contributed by atoms with Crippen LogP contribution in [0.2, 0.25) is 0 Å². The maximum absolute atomic E-state index is 12.8. The van der Waals surface area contributed by atoms with E-state index in [1.54, 1.807) is 0 Å². The lowest BCUT2D eigenvalue weighted by atomic mass is 10.2. The van der Waals surface area contributed by atoms with Gasteiger partial charge < -0.3 is 10.4 Å². The third-order valence-corrected chi connectivity index (χ3v) is 5.23. The Bertz CT molecular complexity index is 749. The van der Waals surface area contributed by atoms with Gasteiger partial charge in [0, 0.05) is 20.0 Å². The zero-order chi connectivity index (χ0) is 19.4. The highest BCUT2D eigenvalue weighted by atomic mass is 32.2. The average Bonchev–Trinajstić information content (AvgIpc) is 2.49. The summed E-state index contributed by atoms with van der Waals surface area (Å²) in [5.41, 5.74) is -1.17. The quantitative estimate of drug-likeness (QED) is 0.740. The smallest absolute Gasteiger partial charge is 0.416 e. The van der Waals surface area contributed by atoms with Gasteiger partial charge in [0.2, 0.25) is 15.9 Å². The van der Waals surface area contributed by atoms with E-state index in [4.69, 9.17) is 5.11 Å². The summed E-state index contributed by atoms with van der Waals surface area (Å²) in [5.74, 6) is -1.93. The van der Waals surface area contributed by atoms with Crippen molar-refractivity contribution in [3.05, 3.63) is 29.8 Å². The van der Waals surface area contributed by atoms with Crippen molar-refractivity contribution >= 4 is 21.9 Å². The predicted molar refractivity (Wildman–Crippen MR) is 81.1 cm³/mol. The Morgan fingerprint density at radius 1 is 1.32 bits per heavy atom. The minimum absolute atomic E-state index is 0.189. The third kappa shape index (κ3) is 5.43. The molecule has 1 atom stereocenters. The van der Waals surface area contributed by atoms with Crippen LogP contribution < -0.4 is 5.32 Å². The Morgan fingerprint density at radius 3 is 2.40 bits per heavy atom. The number of sulfonamides is 1. The summed E-state index contributed by atoms with van der Waals surface area (Å²) >= 11 is 0. The molecule has 7 nitrogen and oxygen atoms in total. The SMILES string of the molecule is CC(=O)NCCN(C(C)C(=O)O)S(=O)(=O)c1cccc(C(F)(F)F)c1. The number of nitrogens with zero attached hydrogens (tertiary/aromatic N) is 1. The number of aliphatic carboxylic acids is 1. The fourth-order valence-corrected chi connectivity index (χ4v) is 3.59. The molecule has 0 radical (unpaired) electrons. The average molecular weight is 382 g/mol. The van der Waals surface area contributed by atoms with Gasteiger partial charge in [-0.15, -0.1) is 0 Å². The first-order valence-corrected chi connectivity index (χ1v) is 8.47. The summed E-state index contributed by atoms with van der Waals surface area (Å²) in [6.45, 7) is 1.67. The Hall–Kier alpha value is -2.14. The van der Waals surface area contributed by atoms with E-state index in [0.717, 1.165) is 19.1 Å². The number of benzene rings is 1. The van der Waals surface area contributed by atoms with E-state index in [2.05, 4.69) is 5.32 Å². The molecule has 0 aliphatic rings. The number of rotatable bonds is 7. The first-order chi connectivity index (χ1) is 11.4. The molecule has 1 aromatic rings. The number of carbonyl (C=O) groups excluding carboxylic acids is 1. The molecule has 2 N–H and O–H groups in total. The number of halogens is 3. The summed E-state index contributed by atoms with van der Waals surface area (Å²) < 4.78 is 64.1. The van der Waals surface area contributed by atoms with Crippen LogP contribution in [0.4, 0.5) is 13.2 Å². The number of hydrogen-bond donors (Lipinski definition) is 2. The number of carbonyl (C=O) groups is 2.